The van der Waals surface area contributed by atoms with Crippen LogP contribution in [-0.4, -0.2) is 30.2 Å². The van der Waals surface area contributed by atoms with Crippen molar-refractivity contribution in [2.45, 2.75) is 31.4 Å². The van der Waals surface area contributed by atoms with Crippen molar-refractivity contribution in [3.8, 4) is 5.75 Å². The molecular weight excluding hydrogens is 366 g/mol. The van der Waals surface area contributed by atoms with Crippen LogP contribution in [0.1, 0.15) is 13.8 Å². The van der Waals surface area contributed by atoms with Gasteiger partial charge < -0.3 is 4.74 Å². The molecule has 0 saturated heterocycles. The van der Waals surface area contributed by atoms with Crippen molar-refractivity contribution in [3.05, 3.63) is 59.0 Å². The molecule has 1 N–H and O–H groups in total. The number of nitrogens with one attached hydrogen (secondary N) is 1. The minimum atomic E-state index is -3.66. The van der Waals surface area contributed by atoms with Gasteiger partial charge in [-0.2, -0.15) is 0 Å². The highest BCUT2D eigenvalue weighted by molar-refractivity contribution is 7.89. The van der Waals surface area contributed by atoms with Crippen LogP contribution in [0.25, 0.3) is 11.0 Å². The van der Waals surface area contributed by atoms with Crippen LogP contribution < -0.4 is 15.1 Å². The molecule has 7 nitrogen and oxygen atoms in total. The average Bonchev–Trinajstić information content (AvgIpc) is 2.87. The molecule has 1 heterocycles. The molecule has 0 atom stereocenters. The minimum Gasteiger partial charge on any atom is -0.491 e. The molecule has 0 spiro atoms. The maximum absolute atomic E-state index is 12.5. The summed E-state index contributed by atoms with van der Waals surface area (Å²) in [5.41, 5.74) is 1.41. The quantitative estimate of drug-likeness (QED) is 0.671. The lowest BCUT2D eigenvalue weighted by molar-refractivity contribution is 0.242. The Hall–Kier alpha value is -2.58. The first-order valence-electron chi connectivity index (χ1n) is 8.70. The third kappa shape index (κ3) is 4.06. The van der Waals surface area contributed by atoms with Crippen molar-refractivity contribution in [1.29, 1.82) is 0 Å². The van der Waals surface area contributed by atoms with Gasteiger partial charge >= 0.3 is 5.69 Å². The number of aromatic nitrogens is 2. The Balaban J connectivity index is 1.72. The van der Waals surface area contributed by atoms with Crippen LogP contribution in [0.2, 0.25) is 0 Å². The second-order valence-electron chi connectivity index (χ2n) is 6.52. The first-order chi connectivity index (χ1) is 12.8. The van der Waals surface area contributed by atoms with Crippen molar-refractivity contribution in [1.82, 2.24) is 13.9 Å². The van der Waals surface area contributed by atoms with E-state index < -0.39 is 10.0 Å². The molecule has 27 heavy (non-hydrogen) atoms. The van der Waals surface area contributed by atoms with Crippen LogP contribution in [0.3, 0.4) is 0 Å². The van der Waals surface area contributed by atoms with Crippen LogP contribution in [0.15, 0.2) is 58.2 Å². The molecule has 0 saturated carbocycles. The summed E-state index contributed by atoms with van der Waals surface area (Å²) in [5, 5.41) is 0. The normalized spacial score (nSPS) is 12.0. The Morgan fingerprint density at radius 3 is 2.30 bits per heavy atom. The lowest BCUT2D eigenvalue weighted by Crippen LogP contribution is -2.31. The van der Waals surface area contributed by atoms with Crippen LogP contribution >= 0.6 is 0 Å². The molecule has 0 unspecified atom stereocenters. The van der Waals surface area contributed by atoms with E-state index in [2.05, 4.69) is 4.72 Å². The minimum absolute atomic E-state index is 0.0181. The molecule has 0 aliphatic carbocycles. The van der Waals surface area contributed by atoms with Crippen molar-refractivity contribution in [3.63, 3.8) is 0 Å². The van der Waals surface area contributed by atoms with Gasteiger partial charge in [-0.1, -0.05) is 12.1 Å². The van der Waals surface area contributed by atoms with Gasteiger partial charge in [0, 0.05) is 20.1 Å². The smallest absolute Gasteiger partial charge is 0.328 e. The number of nitrogens with zero attached hydrogens (tertiary/aromatic N) is 2. The number of ether oxygens (including phenoxy) is 1. The third-order valence-corrected chi connectivity index (χ3v) is 5.66. The van der Waals surface area contributed by atoms with E-state index in [9.17, 15) is 13.2 Å². The maximum Gasteiger partial charge on any atom is 0.328 e. The second kappa shape index (κ2) is 7.58. The largest absolute Gasteiger partial charge is 0.491 e. The molecule has 3 rings (SSSR count). The van der Waals surface area contributed by atoms with E-state index in [1.54, 1.807) is 28.3 Å². The molecule has 1 aromatic heterocycles. The van der Waals surface area contributed by atoms with E-state index in [0.29, 0.717) is 5.75 Å². The first-order valence-corrected chi connectivity index (χ1v) is 10.2. The van der Waals surface area contributed by atoms with Gasteiger partial charge in [0.2, 0.25) is 10.0 Å². The Labute approximate surface area is 158 Å². The standard InChI is InChI=1S/C19H23N3O4S/c1-14(2)26-15-8-10-16(11-9-15)27(24,25)20-12-13-22-18-7-5-4-6-17(18)21(3)19(22)23/h4-11,14,20H,12-13H2,1-3H3. The molecule has 0 aliphatic heterocycles. The summed E-state index contributed by atoms with van der Waals surface area (Å²) in [6.07, 6.45) is 0.0181. The van der Waals surface area contributed by atoms with Crippen LogP contribution in [0, 0.1) is 0 Å². The molecule has 2 aromatic carbocycles. The summed E-state index contributed by atoms with van der Waals surface area (Å²) < 4.78 is 36.1. The summed E-state index contributed by atoms with van der Waals surface area (Å²) in [6, 6.07) is 13.7. The highest BCUT2D eigenvalue weighted by Crippen LogP contribution is 2.17. The number of para-hydroxylation sites is 2. The van der Waals surface area contributed by atoms with E-state index in [1.807, 2.05) is 38.1 Å². The van der Waals surface area contributed by atoms with E-state index >= 15 is 0 Å². The maximum atomic E-state index is 12.5. The fourth-order valence-corrected chi connectivity index (χ4v) is 3.95. The van der Waals surface area contributed by atoms with Gasteiger partial charge in [0.05, 0.1) is 22.0 Å². The molecule has 0 bridgehead atoms. The summed E-state index contributed by atoms with van der Waals surface area (Å²) in [5.74, 6) is 0.617. The molecule has 144 valence electrons. The number of aryl methyl sites for hydroxylation is 1. The van der Waals surface area contributed by atoms with Crippen LogP contribution in [0.5, 0.6) is 5.75 Å². The van der Waals surface area contributed by atoms with Gasteiger partial charge in [0.15, 0.2) is 0 Å². The van der Waals surface area contributed by atoms with Crippen molar-refractivity contribution in [2.24, 2.45) is 7.05 Å². The van der Waals surface area contributed by atoms with Crippen molar-refractivity contribution >= 4 is 21.1 Å². The number of hydrogen-bond acceptors (Lipinski definition) is 4. The number of imidazole rings is 1. The number of fused-ring (bicyclic) bond motifs is 1. The van der Waals surface area contributed by atoms with Gasteiger partial charge in [-0.15, -0.1) is 0 Å². The Morgan fingerprint density at radius 1 is 1.04 bits per heavy atom. The fourth-order valence-electron chi connectivity index (χ4n) is 2.92. The topological polar surface area (TPSA) is 82.3 Å². The van der Waals surface area contributed by atoms with E-state index in [0.717, 1.165) is 11.0 Å². The molecule has 3 aromatic rings. The monoisotopic (exact) mass is 389 g/mol. The number of benzene rings is 2. The Kier molecular flexibility index (Phi) is 5.38. The van der Waals surface area contributed by atoms with Crippen molar-refractivity contribution < 1.29 is 13.2 Å². The van der Waals surface area contributed by atoms with Gasteiger partial charge in [-0.3, -0.25) is 9.13 Å². The van der Waals surface area contributed by atoms with Gasteiger partial charge in [0.25, 0.3) is 0 Å². The fraction of sp³-hybridized carbons (Fsp3) is 0.316. The summed E-state index contributed by atoms with van der Waals surface area (Å²) in [4.78, 5) is 12.5. The molecule has 8 heteroatoms. The predicted octanol–water partition coefficient (Wildman–Crippen LogP) is 2.11. The van der Waals surface area contributed by atoms with E-state index in [-0.39, 0.29) is 29.8 Å². The first kappa shape index (κ1) is 19.2. The zero-order valence-corrected chi connectivity index (χ0v) is 16.4. The number of hydrogen-bond donors (Lipinski definition) is 1. The lowest BCUT2D eigenvalue weighted by atomic mass is 10.3. The molecule has 0 amide bonds. The Bertz CT molecular complexity index is 1100. The third-order valence-electron chi connectivity index (χ3n) is 4.19. The molecule has 0 radical (unpaired) electrons. The highest BCUT2D eigenvalue weighted by atomic mass is 32.2. The van der Waals surface area contributed by atoms with Gasteiger partial charge in [0.1, 0.15) is 5.75 Å². The lowest BCUT2D eigenvalue weighted by Gasteiger charge is -2.11. The number of sulfonamides is 1. The highest BCUT2D eigenvalue weighted by Gasteiger charge is 2.15. The zero-order valence-electron chi connectivity index (χ0n) is 15.5. The summed E-state index contributed by atoms with van der Waals surface area (Å²) in [7, 11) is -1.96. The van der Waals surface area contributed by atoms with Gasteiger partial charge in [-0.05, 0) is 50.2 Å². The SMILES string of the molecule is CC(C)Oc1ccc(S(=O)(=O)NCCn2c(=O)n(C)c3ccccc32)cc1. The zero-order chi connectivity index (χ0) is 19.6. The molecular formula is C19H23N3O4S. The average molecular weight is 389 g/mol. The number of rotatable bonds is 7. The van der Waals surface area contributed by atoms with E-state index in [4.69, 9.17) is 4.74 Å². The second-order valence-corrected chi connectivity index (χ2v) is 8.28. The van der Waals surface area contributed by atoms with Crippen LogP contribution in [-0.2, 0) is 23.6 Å². The van der Waals surface area contributed by atoms with Crippen LogP contribution in [0.4, 0.5) is 0 Å². The molecule has 0 aliphatic rings. The summed E-state index contributed by atoms with van der Waals surface area (Å²) >= 11 is 0. The molecule has 0 fully saturated rings. The van der Waals surface area contributed by atoms with E-state index in [1.165, 1.54) is 12.1 Å². The van der Waals surface area contributed by atoms with Gasteiger partial charge in [-0.25, -0.2) is 17.9 Å². The van der Waals surface area contributed by atoms with Crippen molar-refractivity contribution in [2.75, 3.05) is 6.54 Å². The summed E-state index contributed by atoms with van der Waals surface area (Å²) in [6.45, 7) is 4.16. The Morgan fingerprint density at radius 2 is 1.67 bits per heavy atom. The predicted molar refractivity (Wildman–Crippen MR) is 105 cm³/mol.